The fourth-order valence-electron chi connectivity index (χ4n) is 5.02. The van der Waals surface area contributed by atoms with Crippen molar-refractivity contribution in [2.45, 2.75) is 50.2 Å². The van der Waals surface area contributed by atoms with Gasteiger partial charge in [-0.3, -0.25) is 19.2 Å². The SMILES string of the molecule is O=C1SC(=Cc2ccc3c(cnn3Cc3ccc(Cl)cc3C(F)(F)F)c2)C(=O)N1C1(C(O)O)CCCC1. The Bertz CT molecular complexity index is 1430. The van der Waals surface area contributed by atoms with Crippen LogP contribution in [-0.2, 0) is 17.5 Å². The van der Waals surface area contributed by atoms with Gasteiger partial charge in [-0.05, 0) is 66.1 Å². The first kappa shape index (κ1) is 25.8. The second kappa shape index (κ2) is 9.46. The van der Waals surface area contributed by atoms with E-state index < -0.39 is 34.7 Å². The van der Waals surface area contributed by atoms with Gasteiger partial charge < -0.3 is 10.2 Å². The average Bonchev–Trinajstić information content (AvgIpc) is 3.53. The number of carbonyl (C=O) groups excluding carboxylic acids is 2. The molecule has 1 aliphatic carbocycles. The topological polar surface area (TPSA) is 95.7 Å². The molecule has 0 spiro atoms. The standard InChI is InChI=1S/C25H21ClF3N3O4S/c26-17-5-4-15(18(11-17)25(27,28)29)13-31-19-6-3-14(9-16(19)12-30-31)10-20-21(33)32(23(36)37-20)24(22(34)35)7-1-2-8-24/h3-6,9-12,22,34-35H,1-2,7-8,13H2. The minimum atomic E-state index is -4.57. The maximum atomic E-state index is 13.5. The Balaban J connectivity index is 1.42. The number of hydrogen-bond acceptors (Lipinski definition) is 6. The molecule has 1 aromatic heterocycles. The summed E-state index contributed by atoms with van der Waals surface area (Å²) in [4.78, 5) is 26.9. The predicted octanol–water partition coefficient (Wildman–Crippen LogP) is 5.42. The number of alkyl halides is 3. The maximum Gasteiger partial charge on any atom is 0.416 e. The third-order valence-electron chi connectivity index (χ3n) is 6.85. The lowest BCUT2D eigenvalue weighted by Gasteiger charge is -2.37. The Morgan fingerprint density at radius 1 is 1.14 bits per heavy atom. The molecule has 1 aliphatic heterocycles. The predicted molar refractivity (Wildman–Crippen MR) is 133 cm³/mol. The van der Waals surface area contributed by atoms with Crippen LogP contribution in [0.4, 0.5) is 18.0 Å². The fourth-order valence-corrected chi connectivity index (χ4v) is 6.11. The number of hydrogen-bond donors (Lipinski definition) is 2. The smallest absolute Gasteiger partial charge is 0.366 e. The highest BCUT2D eigenvalue weighted by Crippen LogP contribution is 2.45. The van der Waals surface area contributed by atoms with Crippen LogP contribution in [0, 0.1) is 0 Å². The Morgan fingerprint density at radius 2 is 1.86 bits per heavy atom. The Kier molecular flexibility index (Phi) is 6.59. The van der Waals surface area contributed by atoms with E-state index in [0.717, 1.165) is 22.7 Å². The minimum absolute atomic E-state index is 0.0113. The lowest BCUT2D eigenvalue weighted by Crippen LogP contribution is -2.56. The van der Waals surface area contributed by atoms with Crippen LogP contribution in [0.5, 0.6) is 0 Å². The quantitative estimate of drug-likeness (QED) is 0.325. The van der Waals surface area contributed by atoms with Gasteiger partial charge in [0.15, 0.2) is 6.29 Å². The Hall–Kier alpha value is -2.86. The number of imide groups is 1. The van der Waals surface area contributed by atoms with Crippen molar-refractivity contribution < 1.29 is 33.0 Å². The highest BCUT2D eigenvalue weighted by Gasteiger charge is 2.54. The van der Waals surface area contributed by atoms with Crippen LogP contribution < -0.4 is 0 Å². The van der Waals surface area contributed by atoms with E-state index >= 15 is 0 Å². The number of rotatable bonds is 5. The fraction of sp³-hybridized carbons (Fsp3) is 0.320. The van der Waals surface area contributed by atoms with Crippen molar-refractivity contribution in [2.24, 2.45) is 0 Å². The molecule has 194 valence electrons. The van der Waals surface area contributed by atoms with Crippen molar-refractivity contribution in [3.63, 3.8) is 0 Å². The van der Waals surface area contributed by atoms with Crippen molar-refractivity contribution in [2.75, 3.05) is 0 Å². The molecule has 0 unspecified atom stereocenters. The van der Waals surface area contributed by atoms with Crippen LogP contribution in [0.2, 0.25) is 5.02 Å². The normalized spacial score (nSPS) is 19.2. The minimum Gasteiger partial charge on any atom is -0.366 e. The van der Waals surface area contributed by atoms with Gasteiger partial charge >= 0.3 is 6.18 Å². The second-order valence-electron chi connectivity index (χ2n) is 9.12. The lowest BCUT2D eigenvalue weighted by molar-refractivity contribution is -0.155. The van der Waals surface area contributed by atoms with E-state index in [9.17, 15) is 33.0 Å². The molecule has 37 heavy (non-hydrogen) atoms. The summed E-state index contributed by atoms with van der Waals surface area (Å²) < 4.78 is 41.9. The number of nitrogens with zero attached hydrogens (tertiary/aromatic N) is 3. The summed E-state index contributed by atoms with van der Waals surface area (Å²) in [6, 6.07) is 8.67. The first-order chi connectivity index (χ1) is 17.5. The number of amides is 2. The number of thioether (sulfide) groups is 1. The van der Waals surface area contributed by atoms with E-state index in [1.54, 1.807) is 18.2 Å². The van der Waals surface area contributed by atoms with Gasteiger partial charge in [-0.2, -0.15) is 18.3 Å². The molecule has 2 fully saturated rings. The number of fused-ring (bicyclic) bond motifs is 1. The molecule has 12 heteroatoms. The van der Waals surface area contributed by atoms with Crippen LogP contribution in [-0.4, -0.2) is 47.9 Å². The number of carbonyl (C=O) groups is 2. The van der Waals surface area contributed by atoms with Crippen LogP contribution in [0.15, 0.2) is 47.5 Å². The molecule has 3 aromatic rings. The molecule has 2 aromatic carbocycles. The van der Waals surface area contributed by atoms with E-state index in [1.807, 2.05) is 0 Å². The van der Waals surface area contributed by atoms with E-state index in [0.29, 0.717) is 42.1 Å². The maximum absolute atomic E-state index is 13.5. The van der Waals surface area contributed by atoms with Crippen molar-refractivity contribution in [3.8, 4) is 0 Å². The Morgan fingerprint density at radius 3 is 2.54 bits per heavy atom. The molecular weight excluding hydrogens is 531 g/mol. The van der Waals surface area contributed by atoms with Crippen LogP contribution in [0.3, 0.4) is 0 Å². The summed E-state index contributed by atoms with van der Waals surface area (Å²) in [6.45, 7) is -0.126. The molecule has 5 rings (SSSR count). The molecule has 1 saturated carbocycles. The molecule has 2 amide bonds. The lowest BCUT2D eigenvalue weighted by atomic mass is 9.94. The zero-order chi connectivity index (χ0) is 26.5. The number of aliphatic hydroxyl groups is 2. The van der Waals surface area contributed by atoms with Crippen LogP contribution >= 0.6 is 23.4 Å². The molecule has 1 saturated heterocycles. The van der Waals surface area contributed by atoms with Gasteiger partial charge in [0.25, 0.3) is 11.1 Å². The number of halogens is 4. The van der Waals surface area contributed by atoms with Crippen molar-refractivity contribution >= 4 is 51.5 Å². The summed E-state index contributed by atoms with van der Waals surface area (Å²) in [5, 5.41) is 24.3. The van der Waals surface area contributed by atoms with Crippen LogP contribution in [0.1, 0.15) is 42.4 Å². The van der Waals surface area contributed by atoms with E-state index in [4.69, 9.17) is 11.6 Å². The number of aromatic nitrogens is 2. The summed E-state index contributed by atoms with van der Waals surface area (Å²) in [6.07, 6.45) is -1.34. The number of aliphatic hydroxyl groups excluding tert-OH is 1. The van der Waals surface area contributed by atoms with Gasteiger partial charge in [-0.25, -0.2) is 0 Å². The van der Waals surface area contributed by atoms with Gasteiger partial charge in [-0.15, -0.1) is 0 Å². The van der Waals surface area contributed by atoms with Gasteiger partial charge in [-0.1, -0.05) is 36.6 Å². The van der Waals surface area contributed by atoms with Crippen molar-refractivity contribution in [1.82, 2.24) is 14.7 Å². The van der Waals surface area contributed by atoms with Gasteiger partial charge in [0, 0.05) is 10.4 Å². The highest BCUT2D eigenvalue weighted by atomic mass is 35.5. The van der Waals surface area contributed by atoms with Crippen LogP contribution in [0.25, 0.3) is 17.0 Å². The molecule has 2 aliphatic rings. The molecule has 0 radical (unpaired) electrons. The molecule has 0 atom stereocenters. The zero-order valence-corrected chi connectivity index (χ0v) is 20.8. The number of benzene rings is 2. The summed E-state index contributed by atoms with van der Waals surface area (Å²) >= 11 is 6.51. The summed E-state index contributed by atoms with van der Waals surface area (Å²) in [5.74, 6) is -0.580. The van der Waals surface area contributed by atoms with E-state index in [1.165, 1.54) is 29.1 Å². The first-order valence-corrected chi connectivity index (χ1v) is 12.6. The van der Waals surface area contributed by atoms with Gasteiger partial charge in [0.2, 0.25) is 0 Å². The summed E-state index contributed by atoms with van der Waals surface area (Å²) in [5.41, 5.74) is -0.957. The molecular formula is C25H21ClF3N3O4S. The molecule has 2 N–H and O–H groups in total. The monoisotopic (exact) mass is 551 g/mol. The molecule has 7 nitrogen and oxygen atoms in total. The molecule has 2 heterocycles. The van der Waals surface area contributed by atoms with E-state index in [2.05, 4.69) is 5.10 Å². The largest absolute Gasteiger partial charge is 0.416 e. The third-order valence-corrected chi connectivity index (χ3v) is 7.95. The Labute approximate surface area is 218 Å². The van der Waals surface area contributed by atoms with Gasteiger partial charge in [0.1, 0.15) is 5.54 Å². The third kappa shape index (κ3) is 4.65. The average molecular weight is 552 g/mol. The summed E-state index contributed by atoms with van der Waals surface area (Å²) in [7, 11) is 0. The second-order valence-corrected chi connectivity index (χ2v) is 10.6. The highest BCUT2D eigenvalue weighted by molar-refractivity contribution is 8.18. The van der Waals surface area contributed by atoms with Crippen molar-refractivity contribution in [1.29, 1.82) is 0 Å². The van der Waals surface area contributed by atoms with E-state index in [-0.39, 0.29) is 22.0 Å². The first-order valence-electron chi connectivity index (χ1n) is 11.4. The zero-order valence-electron chi connectivity index (χ0n) is 19.2. The van der Waals surface area contributed by atoms with Gasteiger partial charge in [0.05, 0.1) is 28.7 Å². The molecule has 0 bridgehead atoms. The van der Waals surface area contributed by atoms with Crippen molar-refractivity contribution in [3.05, 3.63) is 69.2 Å².